The third-order valence-corrected chi connectivity index (χ3v) is 4.35. The molecule has 1 aliphatic rings. The lowest BCUT2D eigenvalue weighted by Crippen LogP contribution is -2.44. The first-order valence-electron chi connectivity index (χ1n) is 6.22. The highest BCUT2D eigenvalue weighted by atomic mass is 35.5. The van der Waals surface area contributed by atoms with Crippen LogP contribution in [-0.4, -0.2) is 27.5 Å². The Bertz CT molecular complexity index is 534. The summed E-state index contributed by atoms with van der Waals surface area (Å²) in [5.74, 6) is 0. The molecular formula is C13H17ClN2O2S. The molecule has 6 heteroatoms. The molecule has 1 aliphatic heterocycles. The Hall–Kier alpha value is -0.880. The van der Waals surface area contributed by atoms with Crippen molar-refractivity contribution in [1.82, 2.24) is 10.0 Å². The van der Waals surface area contributed by atoms with Crippen LogP contribution in [0.3, 0.4) is 0 Å². The van der Waals surface area contributed by atoms with E-state index < -0.39 is 10.0 Å². The number of sulfonamides is 1. The molecule has 1 saturated heterocycles. The average Bonchev–Trinajstić information content (AvgIpc) is 2.39. The quantitative estimate of drug-likeness (QED) is 0.894. The molecule has 0 aromatic heterocycles. The third kappa shape index (κ3) is 4.95. The molecule has 1 atom stereocenters. The van der Waals surface area contributed by atoms with Gasteiger partial charge in [0.2, 0.25) is 10.0 Å². The Balaban J connectivity index is 1.97. The molecule has 0 unspecified atom stereocenters. The number of halogens is 1. The molecule has 0 amide bonds. The molecule has 104 valence electrons. The van der Waals surface area contributed by atoms with Gasteiger partial charge in [-0.15, -0.1) is 0 Å². The maximum Gasteiger partial charge on any atom is 0.234 e. The van der Waals surface area contributed by atoms with Crippen LogP contribution in [0, 0.1) is 0 Å². The number of hydrogen-bond acceptors (Lipinski definition) is 3. The number of benzene rings is 1. The third-order valence-electron chi connectivity index (χ3n) is 2.94. The SMILES string of the molecule is O=S(=O)(/C=C/c1ccc(Cl)cc1)N[C@@H]1CCCNC1. The van der Waals surface area contributed by atoms with Crippen LogP contribution in [0.4, 0.5) is 0 Å². The van der Waals surface area contributed by atoms with Crippen molar-refractivity contribution < 1.29 is 8.42 Å². The summed E-state index contributed by atoms with van der Waals surface area (Å²) in [6, 6.07) is 6.99. The summed E-state index contributed by atoms with van der Waals surface area (Å²) < 4.78 is 26.4. The fourth-order valence-corrected chi connectivity index (χ4v) is 3.17. The van der Waals surface area contributed by atoms with Gasteiger partial charge in [-0.1, -0.05) is 23.7 Å². The maximum absolute atomic E-state index is 11.9. The van der Waals surface area contributed by atoms with E-state index in [-0.39, 0.29) is 6.04 Å². The average molecular weight is 301 g/mol. The van der Waals surface area contributed by atoms with Crippen LogP contribution in [0.2, 0.25) is 5.02 Å². The van der Waals surface area contributed by atoms with Crippen molar-refractivity contribution in [1.29, 1.82) is 0 Å². The number of nitrogens with one attached hydrogen (secondary N) is 2. The highest BCUT2D eigenvalue weighted by molar-refractivity contribution is 7.92. The van der Waals surface area contributed by atoms with Crippen molar-refractivity contribution in [3.05, 3.63) is 40.3 Å². The van der Waals surface area contributed by atoms with E-state index >= 15 is 0 Å². The van der Waals surface area contributed by atoms with E-state index in [9.17, 15) is 8.42 Å². The number of rotatable bonds is 4. The molecule has 2 N–H and O–H groups in total. The van der Waals surface area contributed by atoms with E-state index in [1.54, 1.807) is 30.3 Å². The smallest absolute Gasteiger partial charge is 0.234 e. The predicted molar refractivity (Wildman–Crippen MR) is 78.4 cm³/mol. The van der Waals surface area contributed by atoms with Crippen LogP contribution in [0.1, 0.15) is 18.4 Å². The zero-order valence-electron chi connectivity index (χ0n) is 10.5. The molecule has 0 bridgehead atoms. The molecule has 1 aromatic rings. The van der Waals surface area contributed by atoms with Crippen LogP contribution in [-0.2, 0) is 10.0 Å². The summed E-state index contributed by atoms with van der Waals surface area (Å²) in [6.07, 6.45) is 3.43. The van der Waals surface area contributed by atoms with Crippen LogP contribution in [0.25, 0.3) is 6.08 Å². The van der Waals surface area contributed by atoms with E-state index in [1.807, 2.05) is 0 Å². The molecule has 0 spiro atoms. The van der Waals surface area contributed by atoms with Crippen molar-refractivity contribution in [2.45, 2.75) is 18.9 Å². The Morgan fingerprint density at radius 2 is 2.05 bits per heavy atom. The van der Waals surface area contributed by atoms with Gasteiger partial charge in [-0.25, -0.2) is 13.1 Å². The fraction of sp³-hybridized carbons (Fsp3) is 0.385. The lowest BCUT2D eigenvalue weighted by molar-refractivity contribution is 0.430. The molecule has 0 radical (unpaired) electrons. The largest absolute Gasteiger partial charge is 0.315 e. The monoisotopic (exact) mass is 300 g/mol. The van der Waals surface area contributed by atoms with E-state index in [2.05, 4.69) is 10.0 Å². The predicted octanol–water partition coefficient (Wildman–Crippen LogP) is 1.98. The zero-order valence-corrected chi connectivity index (χ0v) is 12.0. The second-order valence-electron chi connectivity index (χ2n) is 4.56. The van der Waals surface area contributed by atoms with Gasteiger partial charge in [-0.3, -0.25) is 0 Å². The molecule has 4 nitrogen and oxygen atoms in total. The standard InChI is InChI=1S/C13H17ClN2O2S/c14-12-5-3-11(4-6-12)7-9-19(17,18)16-13-2-1-8-15-10-13/h3-7,9,13,15-16H,1-2,8,10H2/b9-7+/t13-/m1/s1. The van der Waals surface area contributed by atoms with Gasteiger partial charge in [-0.2, -0.15) is 0 Å². The van der Waals surface area contributed by atoms with Crippen LogP contribution < -0.4 is 10.0 Å². The highest BCUT2D eigenvalue weighted by Gasteiger charge is 2.17. The first kappa shape index (κ1) is 14.5. The summed E-state index contributed by atoms with van der Waals surface area (Å²) in [4.78, 5) is 0. The summed E-state index contributed by atoms with van der Waals surface area (Å²) >= 11 is 5.77. The van der Waals surface area contributed by atoms with E-state index in [4.69, 9.17) is 11.6 Å². The minimum atomic E-state index is -3.39. The zero-order chi connectivity index (χ0) is 13.7. The minimum Gasteiger partial charge on any atom is -0.315 e. The van der Waals surface area contributed by atoms with Crippen LogP contribution in [0.15, 0.2) is 29.7 Å². The molecule has 0 aliphatic carbocycles. The second-order valence-corrected chi connectivity index (χ2v) is 6.59. The maximum atomic E-state index is 11.9. The topological polar surface area (TPSA) is 58.2 Å². The first-order valence-corrected chi connectivity index (χ1v) is 8.14. The summed E-state index contributed by atoms with van der Waals surface area (Å²) in [7, 11) is -3.39. The van der Waals surface area contributed by atoms with E-state index in [0.717, 1.165) is 24.9 Å². The second kappa shape index (κ2) is 6.52. The highest BCUT2D eigenvalue weighted by Crippen LogP contribution is 2.11. The molecule has 2 rings (SSSR count). The lowest BCUT2D eigenvalue weighted by atomic mass is 10.1. The summed E-state index contributed by atoms with van der Waals surface area (Å²) in [5, 5.41) is 5.00. The van der Waals surface area contributed by atoms with Crippen molar-refractivity contribution in [2.24, 2.45) is 0 Å². The van der Waals surface area contributed by atoms with E-state index in [1.165, 1.54) is 5.41 Å². The van der Waals surface area contributed by atoms with Crippen LogP contribution >= 0.6 is 11.6 Å². The molecule has 1 aromatic carbocycles. The van der Waals surface area contributed by atoms with Gasteiger partial charge in [0.25, 0.3) is 0 Å². The van der Waals surface area contributed by atoms with Crippen molar-refractivity contribution in [2.75, 3.05) is 13.1 Å². The van der Waals surface area contributed by atoms with Crippen molar-refractivity contribution in [3.63, 3.8) is 0 Å². The Labute approximate surface area is 118 Å². The Kier molecular flexibility index (Phi) is 4.99. The van der Waals surface area contributed by atoms with Gasteiger partial charge < -0.3 is 5.32 Å². The molecular weight excluding hydrogens is 284 g/mol. The molecule has 1 fully saturated rings. The fourth-order valence-electron chi connectivity index (χ4n) is 1.97. The van der Waals surface area contributed by atoms with E-state index in [0.29, 0.717) is 11.6 Å². The summed E-state index contributed by atoms with van der Waals surface area (Å²) in [5.41, 5.74) is 0.802. The Morgan fingerprint density at radius 3 is 2.68 bits per heavy atom. The van der Waals surface area contributed by atoms with Gasteiger partial charge in [0, 0.05) is 23.0 Å². The van der Waals surface area contributed by atoms with Gasteiger partial charge >= 0.3 is 0 Å². The molecule has 19 heavy (non-hydrogen) atoms. The number of hydrogen-bond donors (Lipinski definition) is 2. The lowest BCUT2D eigenvalue weighted by Gasteiger charge is -2.22. The number of piperidine rings is 1. The van der Waals surface area contributed by atoms with Crippen molar-refractivity contribution >= 4 is 27.7 Å². The molecule has 1 heterocycles. The first-order chi connectivity index (χ1) is 9.05. The van der Waals surface area contributed by atoms with Gasteiger partial charge in [0.05, 0.1) is 0 Å². The van der Waals surface area contributed by atoms with Crippen molar-refractivity contribution in [3.8, 4) is 0 Å². The van der Waals surface area contributed by atoms with Crippen LogP contribution in [0.5, 0.6) is 0 Å². The van der Waals surface area contributed by atoms with Gasteiger partial charge in [-0.05, 0) is 43.2 Å². The Morgan fingerprint density at radius 1 is 1.32 bits per heavy atom. The summed E-state index contributed by atoms with van der Waals surface area (Å²) in [6.45, 7) is 1.65. The molecule has 0 saturated carbocycles. The van der Waals surface area contributed by atoms with Gasteiger partial charge in [0.15, 0.2) is 0 Å². The minimum absolute atomic E-state index is 0.0198. The van der Waals surface area contributed by atoms with Gasteiger partial charge in [0.1, 0.15) is 0 Å². The normalized spacial score (nSPS) is 20.8.